The van der Waals surface area contributed by atoms with Crippen molar-refractivity contribution in [1.29, 1.82) is 0 Å². The number of rotatable bonds is 3. The van der Waals surface area contributed by atoms with Crippen molar-refractivity contribution in [3.63, 3.8) is 0 Å². The van der Waals surface area contributed by atoms with Crippen LogP contribution in [0, 0.1) is 11.7 Å². The number of aromatic nitrogens is 3. The highest BCUT2D eigenvalue weighted by Crippen LogP contribution is 2.26. The van der Waals surface area contributed by atoms with Gasteiger partial charge in [-0.1, -0.05) is 13.8 Å². The van der Waals surface area contributed by atoms with Gasteiger partial charge in [0.15, 0.2) is 4.77 Å². The zero-order chi connectivity index (χ0) is 12.6. The first-order valence-corrected chi connectivity index (χ1v) is 7.01. The molecule has 0 aliphatic rings. The van der Waals surface area contributed by atoms with E-state index in [0.717, 1.165) is 15.5 Å². The van der Waals surface area contributed by atoms with E-state index in [1.165, 1.54) is 5.69 Å². The lowest BCUT2D eigenvalue weighted by Gasteiger charge is -2.16. The Labute approximate surface area is 111 Å². The van der Waals surface area contributed by atoms with Gasteiger partial charge in [-0.15, -0.1) is 11.3 Å². The van der Waals surface area contributed by atoms with Crippen molar-refractivity contribution in [3.8, 4) is 0 Å². The van der Waals surface area contributed by atoms with Crippen molar-refractivity contribution in [2.24, 2.45) is 0 Å². The number of nitrogens with zero attached hydrogens (tertiary/aromatic N) is 2. The quantitative estimate of drug-likeness (QED) is 0.851. The molecule has 1 N–H and O–H groups in total. The van der Waals surface area contributed by atoms with E-state index in [1.54, 1.807) is 11.3 Å². The summed E-state index contributed by atoms with van der Waals surface area (Å²) >= 11 is 7.05. The first kappa shape index (κ1) is 12.5. The van der Waals surface area contributed by atoms with E-state index < -0.39 is 0 Å². The highest BCUT2D eigenvalue weighted by atomic mass is 32.1. The molecule has 0 spiro atoms. The fraction of sp³-hybridized carbons (Fsp3) is 0.500. The average Bonchev–Trinajstić information content (AvgIpc) is 2.83. The Kier molecular flexibility index (Phi) is 3.49. The second-order valence-electron chi connectivity index (χ2n) is 4.55. The second-order valence-corrected chi connectivity index (χ2v) is 5.82. The largest absolute Gasteiger partial charge is 0.337 e. The summed E-state index contributed by atoms with van der Waals surface area (Å²) in [5.74, 6) is 0.450. The molecule has 5 heteroatoms. The van der Waals surface area contributed by atoms with E-state index in [9.17, 15) is 0 Å². The molecule has 0 fully saturated rings. The predicted molar refractivity (Wildman–Crippen MR) is 74.4 cm³/mol. The number of hydrogen-bond donors (Lipinski definition) is 1. The molecule has 1 atom stereocenters. The number of hydrogen-bond acceptors (Lipinski definition) is 3. The van der Waals surface area contributed by atoms with E-state index in [4.69, 9.17) is 12.2 Å². The molecular weight excluding hydrogens is 250 g/mol. The van der Waals surface area contributed by atoms with Crippen molar-refractivity contribution in [1.82, 2.24) is 14.5 Å². The molecule has 2 rings (SSSR count). The first-order valence-electron chi connectivity index (χ1n) is 5.72. The number of aromatic amines is 1. The monoisotopic (exact) mass is 267 g/mol. The maximum atomic E-state index is 5.36. The van der Waals surface area contributed by atoms with Crippen molar-refractivity contribution in [2.75, 3.05) is 0 Å². The average molecular weight is 267 g/mol. The fourth-order valence-corrected chi connectivity index (χ4v) is 3.08. The van der Waals surface area contributed by atoms with Crippen molar-refractivity contribution >= 4 is 23.6 Å². The summed E-state index contributed by atoms with van der Waals surface area (Å²) in [6.07, 6.45) is 2.00. The lowest BCUT2D eigenvalue weighted by Crippen LogP contribution is -2.11. The van der Waals surface area contributed by atoms with Crippen LogP contribution in [0.3, 0.4) is 0 Å². The van der Waals surface area contributed by atoms with Gasteiger partial charge in [0.1, 0.15) is 5.01 Å². The predicted octanol–water partition coefficient (Wildman–Crippen LogP) is 4.04. The highest BCUT2D eigenvalue weighted by molar-refractivity contribution is 7.71. The van der Waals surface area contributed by atoms with Crippen LogP contribution in [-0.4, -0.2) is 14.5 Å². The Morgan fingerprint density at radius 3 is 2.65 bits per heavy atom. The Balaban J connectivity index is 2.46. The van der Waals surface area contributed by atoms with Crippen LogP contribution in [0.15, 0.2) is 11.6 Å². The van der Waals surface area contributed by atoms with Crippen LogP contribution in [-0.2, 0) is 0 Å². The van der Waals surface area contributed by atoms with Gasteiger partial charge in [-0.3, -0.25) is 0 Å². The Bertz CT molecular complexity index is 562. The van der Waals surface area contributed by atoms with Gasteiger partial charge in [-0.2, -0.15) is 0 Å². The van der Waals surface area contributed by atoms with Crippen molar-refractivity contribution in [2.45, 2.75) is 39.7 Å². The molecule has 0 radical (unpaired) electrons. The molecule has 0 aromatic carbocycles. The molecule has 3 nitrogen and oxygen atoms in total. The van der Waals surface area contributed by atoms with Gasteiger partial charge in [0.25, 0.3) is 0 Å². The third-order valence-corrected chi connectivity index (χ3v) is 4.26. The standard InChI is InChI=1S/C12H17N3S2/c1-7(2)10-5-13-12(16)15(10)9(4)11-14-8(3)6-17-11/h5-7,9H,1-4H3,(H,13,16). The zero-order valence-electron chi connectivity index (χ0n) is 10.5. The van der Waals surface area contributed by atoms with Gasteiger partial charge in [-0.05, 0) is 32.0 Å². The first-order chi connectivity index (χ1) is 8.00. The van der Waals surface area contributed by atoms with Crippen LogP contribution in [0.25, 0.3) is 0 Å². The highest BCUT2D eigenvalue weighted by Gasteiger charge is 2.17. The smallest absolute Gasteiger partial charge is 0.177 e. The molecule has 92 valence electrons. The van der Waals surface area contributed by atoms with Crippen LogP contribution in [0.5, 0.6) is 0 Å². The minimum Gasteiger partial charge on any atom is -0.337 e. The molecular formula is C12H17N3S2. The van der Waals surface area contributed by atoms with Crippen molar-refractivity contribution in [3.05, 3.63) is 32.7 Å². The van der Waals surface area contributed by atoms with Crippen LogP contribution in [0.4, 0.5) is 0 Å². The van der Waals surface area contributed by atoms with E-state index in [2.05, 4.69) is 40.7 Å². The Morgan fingerprint density at radius 2 is 2.12 bits per heavy atom. The molecule has 0 bridgehead atoms. The van der Waals surface area contributed by atoms with Crippen molar-refractivity contribution < 1.29 is 0 Å². The van der Waals surface area contributed by atoms with E-state index >= 15 is 0 Å². The summed E-state index contributed by atoms with van der Waals surface area (Å²) in [7, 11) is 0. The van der Waals surface area contributed by atoms with Crippen LogP contribution >= 0.6 is 23.6 Å². The molecule has 17 heavy (non-hydrogen) atoms. The number of nitrogens with one attached hydrogen (secondary N) is 1. The summed E-state index contributed by atoms with van der Waals surface area (Å²) in [5, 5.41) is 3.19. The lowest BCUT2D eigenvalue weighted by molar-refractivity contribution is 0.579. The summed E-state index contributed by atoms with van der Waals surface area (Å²) in [4.78, 5) is 7.68. The normalized spacial score (nSPS) is 13.2. The number of imidazole rings is 1. The Hall–Kier alpha value is -0.940. The fourth-order valence-electron chi connectivity index (χ4n) is 1.91. The molecule has 0 saturated carbocycles. The maximum Gasteiger partial charge on any atom is 0.177 e. The summed E-state index contributed by atoms with van der Waals surface area (Å²) in [6, 6.07) is 0.199. The number of aryl methyl sites for hydroxylation is 1. The molecule has 0 saturated heterocycles. The van der Waals surface area contributed by atoms with E-state index in [1.807, 2.05) is 13.1 Å². The topological polar surface area (TPSA) is 33.6 Å². The summed E-state index contributed by atoms with van der Waals surface area (Å²) in [5.41, 5.74) is 2.31. The van der Waals surface area contributed by atoms with Crippen LogP contribution in [0.1, 0.15) is 49.1 Å². The summed E-state index contributed by atoms with van der Waals surface area (Å²) < 4.78 is 2.94. The van der Waals surface area contributed by atoms with Gasteiger partial charge in [0.2, 0.25) is 0 Å². The third kappa shape index (κ3) is 2.35. The number of H-pyrrole nitrogens is 1. The molecule has 2 aromatic rings. The summed E-state index contributed by atoms with van der Waals surface area (Å²) in [6.45, 7) is 8.52. The van der Waals surface area contributed by atoms with Crippen LogP contribution in [0.2, 0.25) is 0 Å². The molecule has 2 aromatic heterocycles. The molecule has 0 aliphatic heterocycles. The number of thiazole rings is 1. The van der Waals surface area contributed by atoms with Gasteiger partial charge in [0, 0.05) is 23.0 Å². The Morgan fingerprint density at radius 1 is 1.41 bits per heavy atom. The maximum absolute atomic E-state index is 5.36. The van der Waals surface area contributed by atoms with Gasteiger partial charge < -0.3 is 9.55 Å². The minimum atomic E-state index is 0.199. The second kappa shape index (κ2) is 4.74. The van der Waals surface area contributed by atoms with Gasteiger partial charge in [0.05, 0.1) is 6.04 Å². The minimum absolute atomic E-state index is 0.199. The lowest BCUT2D eigenvalue weighted by atomic mass is 10.1. The molecule has 1 unspecified atom stereocenters. The van der Waals surface area contributed by atoms with Gasteiger partial charge >= 0.3 is 0 Å². The van der Waals surface area contributed by atoms with Gasteiger partial charge in [-0.25, -0.2) is 4.98 Å². The zero-order valence-corrected chi connectivity index (χ0v) is 12.2. The molecule has 0 aliphatic carbocycles. The van der Waals surface area contributed by atoms with Crippen LogP contribution < -0.4 is 0 Å². The SMILES string of the molecule is Cc1csc(C(C)n2c(C(C)C)c[nH]c2=S)n1. The third-order valence-electron chi connectivity index (χ3n) is 2.81. The van der Waals surface area contributed by atoms with E-state index in [-0.39, 0.29) is 6.04 Å². The molecule has 0 amide bonds. The van der Waals surface area contributed by atoms with E-state index in [0.29, 0.717) is 5.92 Å². The molecule has 2 heterocycles.